The van der Waals surface area contributed by atoms with Crippen LogP contribution >= 0.6 is 38.9 Å². The first kappa shape index (κ1) is 17.9. The highest BCUT2D eigenvalue weighted by Crippen LogP contribution is 2.34. The molecule has 0 saturated carbocycles. The van der Waals surface area contributed by atoms with Crippen LogP contribution in [-0.2, 0) is 4.79 Å². The number of anilines is 1. The Morgan fingerprint density at radius 2 is 1.96 bits per heavy atom. The van der Waals surface area contributed by atoms with Gasteiger partial charge in [-0.2, -0.15) is 0 Å². The lowest BCUT2D eigenvalue weighted by Crippen LogP contribution is -2.32. The van der Waals surface area contributed by atoms with E-state index in [1.807, 2.05) is 49.4 Å². The van der Waals surface area contributed by atoms with Crippen LogP contribution in [0.2, 0.25) is 5.02 Å². The van der Waals surface area contributed by atoms with Crippen molar-refractivity contribution in [3.05, 3.63) is 62.4 Å². The molecule has 0 bridgehead atoms. The molecule has 1 heterocycles. The third-order valence-corrected chi connectivity index (χ3v) is 5.78. The van der Waals surface area contributed by atoms with Gasteiger partial charge in [-0.15, -0.1) is 11.3 Å². The minimum atomic E-state index is -0.353. The van der Waals surface area contributed by atoms with Crippen molar-refractivity contribution in [3.8, 4) is 0 Å². The first-order valence-electron chi connectivity index (χ1n) is 7.47. The Balaban J connectivity index is 1.65. The summed E-state index contributed by atoms with van der Waals surface area (Å²) in [5.41, 5.74) is 1.64. The van der Waals surface area contributed by atoms with Gasteiger partial charge < -0.3 is 10.6 Å². The molecular weight excluding hydrogens is 424 g/mol. The molecule has 1 aromatic heterocycles. The molecule has 2 aromatic carbocycles. The molecule has 0 atom stereocenters. The molecule has 0 aliphatic heterocycles. The Labute approximate surface area is 162 Å². The standard InChI is InChI=1S/C18H14BrClN2O2S/c1-10-8-11(19)6-7-13(10)22-15(23)9-21-18(24)17-16(20)12-4-2-3-5-14(12)25-17/h2-8H,9H2,1H3,(H,21,24)(H,22,23). The molecule has 0 spiro atoms. The SMILES string of the molecule is Cc1cc(Br)ccc1NC(=O)CNC(=O)c1sc2ccccc2c1Cl. The van der Waals surface area contributed by atoms with E-state index in [2.05, 4.69) is 26.6 Å². The Morgan fingerprint density at radius 1 is 1.20 bits per heavy atom. The third-order valence-electron chi connectivity index (χ3n) is 3.61. The van der Waals surface area contributed by atoms with Crippen molar-refractivity contribution in [2.24, 2.45) is 0 Å². The average Bonchev–Trinajstić information content (AvgIpc) is 2.93. The van der Waals surface area contributed by atoms with Crippen LogP contribution < -0.4 is 10.6 Å². The zero-order valence-corrected chi connectivity index (χ0v) is 16.4. The van der Waals surface area contributed by atoms with Gasteiger partial charge in [0.05, 0.1) is 11.6 Å². The van der Waals surface area contributed by atoms with Crippen LogP contribution in [0.25, 0.3) is 10.1 Å². The number of fused-ring (bicyclic) bond motifs is 1. The number of benzene rings is 2. The number of amides is 2. The summed E-state index contributed by atoms with van der Waals surface area (Å²) in [6, 6.07) is 13.1. The molecule has 128 valence electrons. The van der Waals surface area contributed by atoms with E-state index >= 15 is 0 Å². The van der Waals surface area contributed by atoms with E-state index in [4.69, 9.17) is 11.6 Å². The molecule has 7 heteroatoms. The van der Waals surface area contributed by atoms with E-state index in [0.717, 1.165) is 20.1 Å². The van der Waals surface area contributed by atoms with Gasteiger partial charge in [-0.25, -0.2) is 0 Å². The van der Waals surface area contributed by atoms with E-state index < -0.39 is 0 Å². The molecule has 2 N–H and O–H groups in total. The topological polar surface area (TPSA) is 58.2 Å². The first-order chi connectivity index (χ1) is 12.0. The Kier molecular flexibility index (Phi) is 5.42. The van der Waals surface area contributed by atoms with Gasteiger partial charge in [-0.3, -0.25) is 9.59 Å². The van der Waals surface area contributed by atoms with E-state index in [1.165, 1.54) is 11.3 Å². The number of carbonyl (C=O) groups excluding carboxylic acids is 2. The van der Waals surface area contributed by atoms with Crippen molar-refractivity contribution in [1.82, 2.24) is 5.32 Å². The Bertz CT molecular complexity index is 971. The molecule has 3 aromatic rings. The van der Waals surface area contributed by atoms with E-state index in [-0.39, 0.29) is 18.4 Å². The maximum atomic E-state index is 12.3. The fourth-order valence-corrected chi connectivity index (χ4v) is 4.27. The van der Waals surface area contributed by atoms with Crippen molar-refractivity contribution in [2.75, 3.05) is 11.9 Å². The van der Waals surface area contributed by atoms with E-state index in [1.54, 1.807) is 0 Å². The first-order valence-corrected chi connectivity index (χ1v) is 9.45. The maximum Gasteiger partial charge on any atom is 0.263 e. The van der Waals surface area contributed by atoms with Gasteiger partial charge in [0.15, 0.2) is 0 Å². The highest BCUT2D eigenvalue weighted by atomic mass is 79.9. The highest BCUT2D eigenvalue weighted by molar-refractivity contribution is 9.10. The van der Waals surface area contributed by atoms with Crippen LogP contribution in [0.5, 0.6) is 0 Å². The van der Waals surface area contributed by atoms with E-state index in [9.17, 15) is 9.59 Å². The second-order valence-corrected chi connectivity index (χ2v) is 7.78. The lowest BCUT2D eigenvalue weighted by atomic mass is 10.2. The minimum absolute atomic E-state index is 0.126. The molecule has 0 saturated heterocycles. The molecular formula is C18H14BrClN2O2S. The molecule has 2 amide bonds. The van der Waals surface area contributed by atoms with Crippen LogP contribution in [-0.4, -0.2) is 18.4 Å². The predicted molar refractivity (Wildman–Crippen MR) is 107 cm³/mol. The smallest absolute Gasteiger partial charge is 0.263 e. The average molecular weight is 438 g/mol. The number of thiophene rings is 1. The number of hydrogen-bond donors (Lipinski definition) is 2. The monoisotopic (exact) mass is 436 g/mol. The molecule has 0 aliphatic carbocycles. The van der Waals surface area contributed by atoms with Gasteiger partial charge in [0.1, 0.15) is 4.88 Å². The molecule has 4 nitrogen and oxygen atoms in total. The number of rotatable bonds is 4. The van der Waals surface area contributed by atoms with Crippen LogP contribution in [0.15, 0.2) is 46.9 Å². The summed E-state index contributed by atoms with van der Waals surface area (Å²) in [5, 5.41) is 6.66. The summed E-state index contributed by atoms with van der Waals surface area (Å²) in [5.74, 6) is -0.648. The van der Waals surface area contributed by atoms with Gasteiger partial charge in [0, 0.05) is 20.2 Å². The normalized spacial score (nSPS) is 10.7. The molecule has 25 heavy (non-hydrogen) atoms. The summed E-state index contributed by atoms with van der Waals surface area (Å²) in [4.78, 5) is 24.8. The van der Waals surface area contributed by atoms with Gasteiger partial charge >= 0.3 is 0 Å². The third kappa shape index (κ3) is 4.03. The summed E-state index contributed by atoms with van der Waals surface area (Å²) < 4.78 is 1.88. The zero-order valence-electron chi connectivity index (χ0n) is 13.2. The summed E-state index contributed by atoms with van der Waals surface area (Å²) in [7, 11) is 0. The van der Waals surface area contributed by atoms with Crippen LogP contribution in [0.1, 0.15) is 15.2 Å². The number of hydrogen-bond acceptors (Lipinski definition) is 3. The Morgan fingerprint density at radius 3 is 2.68 bits per heavy atom. The van der Waals surface area contributed by atoms with Gasteiger partial charge in [-0.05, 0) is 36.8 Å². The summed E-state index contributed by atoms with van der Waals surface area (Å²) in [6.45, 7) is 1.77. The molecule has 0 fully saturated rings. The van der Waals surface area contributed by atoms with E-state index in [0.29, 0.717) is 15.6 Å². The second kappa shape index (κ2) is 7.56. The lowest BCUT2D eigenvalue weighted by molar-refractivity contribution is -0.115. The van der Waals surface area contributed by atoms with Crippen LogP contribution in [0.4, 0.5) is 5.69 Å². The van der Waals surface area contributed by atoms with Crippen LogP contribution in [0, 0.1) is 6.92 Å². The molecule has 3 rings (SSSR count). The summed E-state index contributed by atoms with van der Waals surface area (Å²) >= 11 is 11.0. The second-order valence-electron chi connectivity index (χ2n) is 5.43. The predicted octanol–water partition coefficient (Wildman–Crippen LogP) is 4.99. The fraction of sp³-hybridized carbons (Fsp3) is 0.111. The molecule has 0 unspecified atom stereocenters. The van der Waals surface area contributed by atoms with Gasteiger partial charge in [0.25, 0.3) is 5.91 Å². The number of aryl methyl sites for hydroxylation is 1. The van der Waals surface area contributed by atoms with Gasteiger partial charge in [0.2, 0.25) is 5.91 Å². The van der Waals surface area contributed by atoms with Gasteiger partial charge in [-0.1, -0.05) is 45.7 Å². The molecule has 0 radical (unpaired) electrons. The number of halogens is 2. The maximum absolute atomic E-state index is 12.3. The summed E-state index contributed by atoms with van der Waals surface area (Å²) in [6.07, 6.45) is 0. The fourth-order valence-electron chi connectivity index (χ4n) is 2.36. The van der Waals surface area contributed by atoms with Crippen molar-refractivity contribution in [1.29, 1.82) is 0 Å². The molecule has 0 aliphatic rings. The lowest BCUT2D eigenvalue weighted by Gasteiger charge is -2.09. The minimum Gasteiger partial charge on any atom is -0.342 e. The van der Waals surface area contributed by atoms with Crippen molar-refractivity contribution >= 4 is 66.5 Å². The van der Waals surface area contributed by atoms with Crippen molar-refractivity contribution in [3.63, 3.8) is 0 Å². The van der Waals surface area contributed by atoms with Crippen molar-refractivity contribution in [2.45, 2.75) is 6.92 Å². The quantitative estimate of drug-likeness (QED) is 0.604. The number of carbonyl (C=O) groups is 2. The Hall–Kier alpha value is -1.89. The largest absolute Gasteiger partial charge is 0.342 e. The highest BCUT2D eigenvalue weighted by Gasteiger charge is 2.17. The van der Waals surface area contributed by atoms with Crippen LogP contribution in [0.3, 0.4) is 0 Å². The number of nitrogens with one attached hydrogen (secondary N) is 2. The zero-order chi connectivity index (χ0) is 18.0. The van der Waals surface area contributed by atoms with Crippen molar-refractivity contribution < 1.29 is 9.59 Å².